The number of hydrogen-bond acceptors (Lipinski definition) is 4. The molecule has 0 aromatic heterocycles. The van der Waals surface area contributed by atoms with Crippen molar-refractivity contribution in [3.8, 4) is 0 Å². The number of likely N-dealkylation sites (tertiary alicyclic amines) is 1. The van der Waals surface area contributed by atoms with E-state index in [0.29, 0.717) is 26.3 Å². The molecule has 20 heavy (non-hydrogen) atoms. The fourth-order valence-corrected chi connectivity index (χ4v) is 2.79. The Morgan fingerprint density at radius 2 is 1.35 bits per heavy atom. The van der Waals surface area contributed by atoms with Crippen molar-refractivity contribution < 1.29 is 14.3 Å². The van der Waals surface area contributed by atoms with Gasteiger partial charge in [-0.2, -0.15) is 0 Å². The van der Waals surface area contributed by atoms with Crippen LogP contribution in [0.3, 0.4) is 0 Å². The maximum Gasteiger partial charge on any atom is 0.239 e. The molecular weight excluding hydrogens is 258 g/mol. The van der Waals surface area contributed by atoms with Gasteiger partial charge in [-0.15, -0.1) is 0 Å². The SMILES string of the molecule is CC(NC(C)C(=O)N1CCOCC1)C(=O)N1CCCC1. The molecule has 2 aliphatic rings. The van der Waals surface area contributed by atoms with Gasteiger partial charge >= 0.3 is 0 Å². The Bertz CT molecular complexity index is 350. The summed E-state index contributed by atoms with van der Waals surface area (Å²) < 4.78 is 5.24. The van der Waals surface area contributed by atoms with Crippen molar-refractivity contribution >= 4 is 11.8 Å². The van der Waals surface area contributed by atoms with Gasteiger partial charge in [-0.1, -0.05) is 0 Å². The van der Waals surface area contributed by atoms with E-state index < -0.39 is 0 Å². The molecule has 2 aliphatic heterocycles. The molecule has 0 radical (unpaired) electrons. The van der Waals surface area contributed by atoms with Crippen molar-refractivity contribution in [2.24, 2.45) is 0 Å². The van der Waals surface area contributed by atoms with Crippen LogP contribution in [0.4, 0.5) is 0 Å². The minimum Gasteiger partial charge on any atom is -0.378 e. The molecule has 2 saturated heterocycles. The summed E-state index contributed by atoms with van der Waals surface area (Å²) in [7, 11) is 0. The second-order valence-electron chi connectivity index (χ2n) is 5.58. The molecule has 0 spiro atoms. The van der Waals surface area contributed by atoms with E-state index in [0.717, 1.165) is 25.9 Å². The molecule has 0 bridgehead atoms. The predicted octanol–water partition coefficient (Wildman–Crippen LogP) is -0.166. The van der Waals surface area contributed by atoms with Crippen LogP contribution in [-0.2, 0) is 14.3 Å². The number of ether oxygens (including phenoxy) is 1. The van der Waals surface area contributed by atoms with Gasteiger partial charge in [0.2, 0.25) is 11.8 Å². The van der Waals surface area contributed by atoms with Crippen LogP contribution in [0.2, 0.25) is 0 Å². The molecule has 2 unspecified atom stereocenters. The van der Waals surface area contributed by atoms with Crippen molar-refractivity contribution in [1.82, 2.24) is 15.1 Å². The van der Waals surface area contributed by atoms with Crippen molar-refractivity contribution in [3.63, 3.8) is 0 Å². The normalized spacial score (nSPS) is 22.7. The quantitative estimate of drug-likeness (QED) is 0.778. The minimum absolute atomic E-state index is 0.0503. The average molecular weight is 283 g/mol. The summed E-state index contributed by atoms with van der Waals surface area (Å²) >= 11 is 0. The maximum absolute atomic E-state index is 12.3. The highest BCUT2D eigenvalue weighted by molar-refractivity contribution is 5.85. The molecule has 2 atom stereocenters. The van der Waals surface area contributed by atoms with E-state index in [-0.39, 0.29) is 23.9 Å². The van der Waals surface area contributed by atoms with Crippen LogP contribution >= 0.6 is 0 Å². The van der Waals surface area contributed by atoms with Gasteiger partial charge in [-0.05, 0) is 26.7 Å². The van der Waals surface area contributed by atoms with E-state index in [1.165, 1.54) is 0 Å². The van der Waals surface area contributed by atoms with Gasteiger partial charge in [0.05, 0.1) is 25.3 Å². The zero-order valence-electron chi connectivity index (χ0n) is 12.4. The van der Waals surface area contributed by atoms with Gasteiger partial charge in [0.15, 0.2) is 0 Å². The molecule has 114 valence electrons. The topological polar surface area (TPSA) is 61.9 Å². The number of carbonyl (C=O) groups is 2. The third kappa shape index (κ3) is 3.70. The number of amides is 2. The Kier molecular flexibility index (Phi) is 5.37. The second kappa shape index (κ2) is 7.04. The van der Waals surface area contributed by atoms with E-state index in [1.54, 1.807) is 4.90 Å². The highest BCUT2D eigenvalue weighted by Crippen LogP contribution is 2.09. The minimum atomic E-state index is -0.338. The number of hydrogen-bond donors (Lipinski definition) is 1. The molecule has 2 rings (SSSR count). The summed E-state index contributed by atoms with van der Waals surface area (Å²) in [6.07, 6.45) is 2.17. The molecule has 0 aromatic rings. The third-order valence-electron chi connectivity index (χ3n) is 3.98. The van der Waals surface area contributed by atoms with Gasteiger partial charge in [0.25, 0.3) is 0 Å². The van der Waals surface area contributed by atoms with E-state index >= 15 is 0 Å². The zero-order valence-corrected chi connectivity index (χ0v) is 12.4. The summed E-state index contributed by atoms with van der Waals surface area (Å²) in [6.45, 7) is 7.82. The highest BCUT2D eigenvalue weighted by atomic mass is 16.5. The Morgan fingerprint density at radius 1 is 0.900 bits per heavy atom. The fourth-order valence-electron chi connectivity index (χ4n) is 2.79. The molecule has 2 amide bonds. The zero-order chi connectivity index (χ0) is 14.5. The Labute approximate surface area is 120 Å². The number of carbonyl (C=O) groups excluding carboxylic acids is 2. The number of nitrogens with one attached hydrogen (secondary N) is 1. The van der Waals surface area contributed by atoms with E-state index in [1.807, 2.05) is 18.7 Å². The molecular formula is C14H25N3O3. The van der Waals surface area contributed by atoms with Crippen molar-refractivity contribution in [3.05, 3.63) is 0 Å². The largest absolute Gasteiger partial charge is 0.378 e. The van der Waals surface area contributed by atoms with Crippen LogP contribution in [0, 0.1) is 0 Å². The van der Waals surface area contributed by atoms with E-state index in [2.05, 4.69) is 5.32 Å². The first kappa shape index (κ1) is 15.3. The summed E-state index contributed by atoms with van der Waals surface area (Å²) in [4.78, 5) is 28.1. The summed E-state index contributed by atoms with van der Waals surface area (Å²) in [6, 6.07) is -0.650. The second-order valence-corrected chi connectivity index (χ2v) is 5.58. The fraction of sp³-hybridized carbons (Fsp3) is 0.857. The van der Waals surface area contributed by atoms with Crippen LogP contribution in [-0.4, -0.2) is 73.1 Å². The smallest absolute Gasteiger partial charge is 0.239 e. The van der Waals surface area contributed by atoms with Crippen molar-refractivity contribution in [2.75, 3.05) is 39.4 Å². The molecule has 0 aromatic carbocycles. The summed E-state index contributed by atoms with van der Waals surface area (Å²) in [5, 5.41) is 3.13. The van der Waals surface area contributed by atoms with Crippen LogP contribution in [0.15, 0.2) is 0 Å². The average Bonchev–Trinajstić information content (AvgIpc) is 3.00. The van der Waals surface area contributed by atoms with E-state index in [4.69, 9.17) is 4.74 Å². The lowest BCUT2D eigenvalue weighted by Gasteiger charge is -2.31. The standard InChI is InChI=1S/C14H25N3O3/c1-11(13(18)16-5-3-4-6-16)15-12(2)14(19)17-7-9-20-10-8-17/h11-12,15H,3-10H2,1-2H3. The molecule has 6 nitrogen and oxygen atoms in total. The molecule has 0 aliphatic carbocycles. The first-order valence-corrected chi connectivity index (χ1v) is 7.51. The molecule has 1 N–H and O–H groups in total. The number of morpholine rings is 1. The molecule has 6 heteroatoms. The lowest BCUT2D eigenvalue weighted by atomic mass is 10.2. The molecule has 2 fully saturated rings. The predicted molar refractivity (Wildman–Crippen MR) is 75.3 cm³/mol. The lowest BCUT2D eigenvalue weighted by molar-refractivity contribution is -0.138. The van der Waals surface area contributed by atoms with Crippen LogP contribution < -0.4 is 5.32 Å². The Balaban J connectivity index is 1.81. The monoisotopic (exact) mass is 283 g/mol. The Hall–Kier alpha value is -1.14. The van der Waals surface area contributed by atoms with Crippen molar-refractivity contribution in [2.45, 2.75) is 38.8 Å². The van der Waals surface area contributed by atoms with Crippen LogP contribution in [0.5, 0.6) is 0 Å². The number of rotatable bonds is 4. The Morgan fingerprint density at radius 3 is 1.85 bits per heavy atom. The molecule has 2 heterocycles. The first-order chi connectivity index (χ1) is 9.59. The van der Waals surface area contributed by atoms with Gasteiger partial charge in [0.1, 0.15) is 0 Å². The van der Waals surface area contributed by atoms with Crippen LogP contribution in [0.25, 0.3) is 0 Å². The third-order valence-corrected chi connectivity index (χ3v) is 3.98. The lowest BCUT2D eigenvalue weighted by Crippen LogP contribution is -2.54. The highest BCUT2D eigenvalue weighted by Gasteiger charge is 2.28. The van der Waals surface area contributed by atoms with E-state index in [9.17, 15) is 9.59 Å². The number of nitrogens with zero attached hydrogens (tertiary/aromatic N) is 2. The van der Waals surface area contributed by atoms with Crippen LogP contribution in [0.1, 0.15) is 26.7 Å². The molecule has 0 saturated carbocycles. The maximum atomic E-state index is 12.3. The van der Waals surface area contributed by atoms with Gasteiger partial charge in [-0.25, -0.2) is 0 Å². The summed E-state index contributed by atoms with van der Waals surface area (Å²) in [5.41, 5.74) is 0. The first-order valence-electron chi connectivity index (χ1n) is 7.51. The summed E-state index contributed by atoms with van der Waals surface area (Å²) in [5.74, 6) is 0.151. The van der Waals surface area contributed by atoms with Gasteiger partial charge < -0.3 is 14.5 Å². The van der Waals surface area contributed by atoms with Gasteiger partial charge in [-0.3, -0.25) is 14.9 Å². The van der Waals surface area contributed by atoms with Crippen molar-refractivity contribution in [1.29, 1.82) is 0 Å². The van der Waals surface area contributed by atoms with Gasteiger partial charge in [0, 0.05) is 26.2 Å².